The number of aliphatic hydroxyl groups is 1. The normalized spacial score (nSPS) is 17.9. The van der Waals surface area contributed by atoms with Crippen molar-refractivity contribution in [3.05, 3.63) is 98.5 Å². The summed E-state index contributed by atoms with van der Waals surface area (Å²) in [5.74, 6) is -2.20. The molecule has 2 N–H and O–H groups in total. The first kappa shape index (κ1) is 21.2. The summed E-state index contributed by atoms with van der Waals surface area (Å²) in [7, 11) is 0. The number of nitrogens with zero attached hydrogens (tertiary/aromatic N) is 1. The Morgan fingerprint density at radius 1 is 0.871 bits per heavy atom. The fourth-order valence-corrected chi connectivity index (χ4v) is 4.01. The number of phenols is 1. The van der Waals surface area contributed by atoms with Crippen LogP contribution in [0, 0.1) is 0 Å². The lowest BCUT2D eigenvalue weighted by molar-refractivity contribution is -0.132. The van der Waals surface area contributed by atoms with E-state index in [1.165, 1.54) is 29.2 Å². The Hall–Kier alpha value is -2.99. The minimum Gasteiger partial charge on any atom is -0.507 e. The SMILES string of the molecule is O=C1C(=O)N(c2ccc(Cl)cc2)C(c2ccc(O)c(Cl)c2)/C1=C(/O)c1cccc(Cl)c1. The van der Waals surface area contributed by atoms with E-state index in [4.69, 9.17) is 34.8 Å². The molecule has 1 heterocycles. The van der Waals surface area contributed by atoms with E-state index < -0.39 is 17.7 Å². The second-order valence-corrected chi connectivity index (χ2v) is 8.15. The Bertz CT molecular complexity index is 1240. The minimum absolute atomic E-state index is 0.0435. The Balaban J connectivity index is 1.97. The molecule has 156 valence electrons. The molecule has 3 aromatic rings. The number of phenolic OH excluding ortho intramolecular Hbond substituents is 1. The van der Waals surface area contributed by atoms with Gasteiger partial charge in [0, 0.05) is 21.3 Å². The third kappa shape index (κ3) is 3.88. The summed E-state index contributed by atoms with van der Waals surface area (Å²) in [6.07, 6.45) is 0. The van der Waals surface area contributed by atoms with Gasteiger partial charge in [0.05, 0.1) is 16.6 Å². The van der Waals surface area contributed by atoms with E-state index in [-0.39, 0.29) is 27.7 Å². The molecule has 31 heavy (non-hydrogen) atoms. The Kier molecular flexibility index (Phi) is 5.67. The van der Waals surface area contributed by atoms with Crippen molar-refractivity contribution in [1.82, 2.24) is 0 Å². The van der Waals surface area contributed by atoms with Crippen molar-refractivity contribution in [3.8, 4) is 5.75 Å². The second-order valence-electron chi connectivity index (χ2n) is 6.87. The maximum absolute atomic E-state index is 13.0. The number of aromatic hydroxyl groups is 1. The topological polar surface area (TPSA) is 77.8 Å². The van der Waals surface area contributed by atoms with Crippen LogP contribution in [0.1, 0.15) is 17.2 Å². The molecule has 4 rings (SSSR count). The van der Waals surface area contributed by atoms with Crippen molar-refractivity contribution < 1.29 is 19.8 Å². The smallest absolute Gasteiger partial charge is 0.300 e. The zero-order valence-corrected chi connectivity index (χ0v) is 18.0. The predicted molar refractivity (Wildman–Crippen MR) is 121 cm³/mol. The molecule has 0 aromatic heterocycles. The third-order valence-corrected chi connectivity index (χ3v) is 5.72. The Morgan fingerprint density at radius 2 is 1.58 bits per heavy atom. The van der Waals surface area contributed by atoms with E-state index >= 15 is 0 Å². The molecule has 1 aliphatic rings. The number of aliphatic hydroxyl groups excluding tert-OH is 1. The van der Waals surface area contributed by atoms with Gasteiger partial charge in [0.2, 0.25) is 0 Å². The van der Waals surface area contributed by atoms with Gasteiger partial charge in [-0.05, 0) is 54.1 Å². The summed E-state index contributed by atoms with van der Waals surface area (Å²) in [6.45, 7) is 0. The summed E-state index contributed by atoms with van der Waals surface area (Å²) >= 11 is 18.1. The molecule has 0 bridgehead atoms. The summed E-state index contributed by atoms with van der Waals surface area (Å²) in [4.78, 5) is 27.3. The summed E-state index contributed by atoms with van der Waals surface area (Å²) in [5.41, 5.74) is 1.01. The molecule has 1 saturated heterocycles. The van der Waals surface area contributed by atoms with Gasteiger partial charge in [0.1, 0.15) is 11.5 Å². The van der Waals surface area contributed by atoms with E-state index in [0.29, 0.717) is 21.3 Å². The molecule has 1 aliphatic heterocycles. The number of halogens is 3. The second kappa shape index (κ2) is 8.27. The number of anilines is 1. The van der Waals surface area contributed by atoms with Gasteiger partial charge in [-0.1, -0.05) is 53.0 Å². The van der Waals surface area contributed by atoms with E-state index in [0.717, 1.165) is 0 Å². The number of benzene rings is 3. The van der Waals surface area contributed by atoms with Gasteiger partial charge in [0.15, 0.2) is 0 Å². The van der Waals surface area contributed by atoms with Crippen molar-refractivity contribution in [1.29, 1.82) is 0 Å². The summed E-state index contributed by atoms with van der Waals surface area (Å²) in [5, 5.41) is 21.7. The van der Waals surface area contributed by atoms with Crippen molar-refractivity contribution >= 4 is 57.9 Å². The van der Waals surface area contributed by atoms with Gasteiger partial charge in [-0.3, -0.25) is 14.5 Å². The lowest BCUT2D eigenvalue weighted by Crippen LogP contribution is -2.29. The van der Waals surface area contributed by atoms with Crippen LogP contribution in [0.4, 0.5) is 5.69 Å². The first-order valence-corrected chi connectivity index (χ1v) is 10.2. The van der Waals surface area contributed by atoms with Crippen molar-refractivity contribution in [2.75, 3.05) is 4.90 Å². The minimum atomic E-state index is -0.988. The average molecular weight is 475 g/mol. The van der Waals surface area contributed by atoms with Crippen LogP contribution in [0.25, 0.3) is 5.76 Å². The van der Waals surface area contributed by atoms with E-state index in [1.54, 1.807) is 42.5 Å². The van der Waals surface area contributed by atoms with Crippen molar-refractivity contribution in [2.24, 2.45) is 0 Å². The van der Waals surface area contributed by atoms with E-state index in [2.05, 4.69) is 0 Å². The molecule has 8 heteroatoms. The van der Waals surface area contributed by atoms with Crippen molar-refractivity contribution in [2.45, 2.75) is 6.04 Å². The molecule has 1 amide bonds. The molecule has 1 fully saturated rings. The molecule has 3 aromatic carbocycles. The van der Waals surface area contributed by atoms with Gasteiger partial charge < -0.3 is 10.2 Å². The van der Waals surface area contributed by atoms with Crippen LogP contribution in [-0.2, 0) is 9.59 Å². The highest BCUT2D eigenvalue weighted by Crippen LogP contribution is 2.43. The van der Waals surface area contributed by atoms with Crippen LogP contribution in [0.3, 0.4) is 0 Å². The maximum Gasteiger partial charge on any atom is 0.300 e. The third-order valence-electron chi connectivity index (χ3n) is 4.93. The molecule has 1 unspecified atom stereocenters. The zero-order chi connectivity index (χ0) is 22.3. The molecular weight excluding hydrogens is 461 g/mol. The van der Waals surface area contributed by atoms with Gasteiger partial charge in [0.25, 0.3) is 11.7 Å². The van der Waals surface area contributed by atoms with Gasteiger partial charge in [-0.15, -0.1) is 0 Å². The highest BCUT2D eigenvalue weighted by molar-refractivity contribution is 6.51. The molecule has 0 aliphatic carbocycles. The maximum atomic E-state index is 13.0. The molecule has 0 radical (unpaired) electrons. The quantitative estimate of drug-likeness (QED) is 0.278. The Morgan fingerprint density at radius 3 is 2.23 bits per heavy atom. The van der Waals surface area contributed by atoms with Crippen LogP contribution >= 0.6 is 34.8 Å². The van der Waals surface area contributed by atoms with Gasteiger partial charge in [-0.25, -0.2) is 0 Å². The van der Waals surface area contributed by atoms with Crippen LogP contribution < -0.4 is 4.90 Å². The molecular formula is C23H14Cl3NO4. The lowest BCUT2D eigenvalue weighted by Gasteiger charge is -2.25. The summed E-state index contributed by atoms with van der Waals surface area (Å²) in [6, 6.07) is 16.1. The molecule has 0 saturated carbocycles. The fourth-order valence-electron chi connectivity index (χ4n) is 3.50. The lowest BCUT2D eigenvalue weighted by atomic mass is 9.95. The van der Waals surface area contributed by atoms with E-state index in [1.807, 2.05) is 0 Å². The number of carbonyl (C=O) groups is 2. The number of Topliss-reactive ketones (excluding diaryl/α,β-unsaturated/α-hetero) is 1. The van der Waals surface area contributed by atoms with Gasteiger partial charge in [-0.2, -0.15) is 0 Å². The van der Waals surface area contributed by atoms with Gasteiger partial charge >= 0.3 is 0 Å². The van der Waals surface area contributed by atoms with Crippen LogP contribution in [-0.4, -0.2) is 21.9 Å². The number of amides is 1. The highest BCUT2D eigenvalue weighted by Gasteiger charge is 2.47. The number of rotatable bonds is 3. The monoisotopic (exact) mass is 473 g/mol. The number of carbonyl (C=O) groups excluding carboxylic acids is 2. The van der Waals surface area contributed by atoms with Crippen LogP contribution in [0.2, 0.25) is 15.1 Å². The largest absolute Gasteiger partial charge is 0.507 e. The fraction of sp³-hybridized carbons (Fsp3) is 0.0435. The van der Waals surface area contributed by atoms with E-state index in [9.17, 15) is 19.8 Å². The number of ketones is 1. The van der Waals surface area contributed by atoms with Crippen LogP contribution in [0.5, 0.6) is 5.75 Å². The first-order chi connectivity index (χ1) is 14.8. The zero-order valence-electron chi connectivity index (χ0n) is 15.7. The molecule has 5 nitrogen and oxygen atoms in total. The summed E-state index contributed by atoms with van der Waals surface area (Å²) < 4.78 is 0. The molecule has 1 atom stereocenters. The molecule has 0 spiro atoms. The van der Waals surface area contributed by atoms with Crippen LogP contribution in [0.15, 0.2) is 72.3 Å². The standard InChI is InChI=1S/C23H14Cl3NO4/c24-14-5-7-16(8-6-14)27-20(12-4-9-18(28)17(26)11-12)19(22(30)23(27)31)21(29)13-2-1-3-15(25)10-13/h1-11,20,28-29H/b21-19-. The first-order valence-electron chi connectivity index (χ1n) is 9.09. The highest BCUT2D eigenvalue weighted by atomic mass is 35.5. The number of hydrogen-bond donors (Lipinski definition) is 2. The number of hydrogen-bond acceptors (Lipinski definition) is 4. The Labute approximate surface area is 192 Å². The predicted octanol–water partition coefficient (Wildman–Crippen LogP) is 5.98. The average Bonchev–Trinajstić information content (AvgIpc) is 3.01. The van der Waals surface area contributed by atoms with Crippen molar-refractivity contribution in [3.63, 3.8) is 0 Å².